The second-order valence-electron chi connectivity index (χ2n) is 2.47. The Labute approximate surface area is 76.1 Å². The molecule has 0 radical (unpaired) electrons. The van der Waals surface area contributed by atoms with Gasteiger partial charge in [0.05, 0.1) is 6.07 Å². The molecule has 3 nitrogen and oxygen atoms in total. The topological polar surface area (TPSA) is 48.7 Å². The summed E-state index contributed by atoms with van der Waals surface area (Å²) < 4.78 is 0. The van der Waals surface area contributed by atoms with E-state index < -0.39 is 0 Å². The molecule has 4 heteroatoms. The molecule has 0 unspecified atom stereocenters. The molecule has 0 spiro atoms. The maximum atomic E-state index is 8.26. The molecule has 0 saturated heterocycles. The van der Waals surface area contributed by atoms with E-state index in [1.165, 1.54) is 0 Å². The molecule has 1 aromatic rings. The standard InChI is InChI=1S/C8H11N3S/c1-7-6-12-8(11-7)5-10-4-2-3-9/h6,10H,2,4-5H2,1H3. The van der Waals surface area contributed by atoms with E-state index >= 15 is 0 Å². The number of rotatable bonds is 4. The molecule has 1 N–H and O–H groups in total. The maximum absolute atomic E-state index is 8.26. The van der Waals surface area contributed by atoms with Crippen molar-refractivity contribution in [3.63, 3.8) is 0 Å². The number of aryl methyl sites for hydroxylation is 1. The highest BCUT2D eigenvalue weighted by atomic mass is 32.1. The summed E-state index contributed by atoms with van der Waals surface area (Å²) in [6.45, 7) is 3.50. The Morgan fingerprint density at radius 1 is 1.75 bits per heavy atom. The highest BCUT2D eigenvalue weighted by Gasteiger charge is 1.96. The smallest absolute Gasteiger partial charge is 0.107 e. The van der Waals surface area contributed by atoms with Gasteiger partial charge in [-0.25, -0.2) is 4.98 Å². The van der Waals surface area contributed by atoms with Gasteiger partial charge in [-0.2, -0.15) is 5.26 Å². The van der Waals surface area contributed by atoms with Crippen molar-refractivity contribution in [2.45, 2.75) is 19.9 Å². The first-order valence-electron chi connectivity index (χ1n) is 3.81. The molecule has 0 aliphatic heterocycles. The summed E-state index contributed by atoms with van der Waals surface area (Å²) in [7, 11) is 0. The van der Waals surface area contributed by atoms with Crippen molar-refractivity contribution >= 4 is 11.3 Å². The SMILES string of the molecule is Cc1csc(CNCCC#N)n1. The highest BCUT2D eigenvalue weighted by Crippen LogP contribution is 2.07. The van der Waals surface area contributed by atoms with Gasteiger partial charge in [0.15, 0.2) is 0 Å². The van der Waals surface area contributed by atoms with E-state index in [2.05, 4.69) is 16.4 Å². The van der Waals surface area contributed by atoms with Crippen LogP contribution >= 0.6 is 11.3 Å². The zero-order valence-electron chi connectivity index (χ0n) is 7.00. The summed E-state index contributed by atoms with van der Waals surface area (Å²) in [5.74, 6) is 0. The van der Waals surface area contributed by atoms with Crippen molar-refractivity contribution < 1.29 is 0 Å². The molecule has 64 valence electrons. The third-order valence-electron chi connectivity index (χ3n) is 1.36. The number of aromatic nitrogens is 1. The molecule has 1 rings (SSSR count). The summed E-state index contributed by atoms with van der Waals surface area (Å²) in [6.07, 6.45) is 0.560. The van der Waals surface area contributed by atoms with E-state index in [0.717, 1.165) is 23.8 Å². The third-order valence-corrected chi connectivity index (χ3v) is 2.32. The molecule has 0 fully saturated rings. The van der Waals surface area contributed by atoms with E-state index in [4.69, 9.17) is 5.26 Å². The second-order valence-corrected chi connectivity index (χ2v) is 3.41. The van der Waals surface area contributed by atoms with Gasteiger partial charge in [-0.1, -0.05) is 0 Å². The van der Waals surface area contributed by atoms with Crippen LogP contribution in [-0.4, -0.2) is 11.5 Å². The molecular formula is C8H11N3S. The monoisotopic (exact) mass is 181 g/mol. The number of nitriles is 1. The summed E-state index contributed by atoms with van der Waals surface area (Å²) in [6, 6.07) is 2.08. The average Bonchev–Trinajstić information content (AvgIpc) is 2.45. The van der Waals surface area contributed by atoms with Crippen LogP contribution < -0.4 is 5.32 Å². The normalized spacial score (nSPS) is 9.67. The molecule has 0 bridgehead atoms. The lowest BCUT2D eigenvalue weighted by Crippen LogP contribution is -2.13. The largest absolute Gasteiger partial charge is 0.309 e. The fraction of sp³-hybridized carbons (Fsp3) is 0.500. The zero-order chi connectivity index (χ0) is 8.81. The Balaban J connectivity index is 2.21. The molecule has 0 amide bonds. The first-order valence-corrected chi connectivity index (χ1v) is 4.69. The second kappa shape index (κ2) is 4.86. The first kappa shape index (κ1) is 9.17. The Hall–Kier alpha value is -0.920. The first-order chi connectivity index (χ1) is 5.83. The van der Waals surface area contributed by atoms with Gasteiger partial charge >= 0.3 is 0 Å². The minimum absolute atomic E-state index is 0.560. The van der Waals surface area contributed by atoms with Crippen LogP contribution in [0.3, 0.4) is 0 Å². The third kappa shape index (κ3) is 2.99. The number of hydrogen-bond acceptors (Lipinski definition) is 4. The number of nitrogens with one attached hydrogen (secondary N) is 1. The van der Waals surface area contributed by atoms with Crippen molar-refractivity contribution in [3.8, 4) is 6.07 Å². The van der Waals surface area contributed by atoms with Crippen LogP contribution in [0.5, 0.6) is 0 Å². The van der Waals surface area contributed by atoms with E-state index in [9.17, 15) is 0 Å². The Kier molecular flexibility index (Phi) is 3.71. The Bertz CT molecular complexity index is 274. The predicted molar refractivity (Wildman–Crippen MR) is 48.8 cm³/mol. The van der Waals surface area contributed by atoms with Crippen molar-refractivity contribution in [2.24, 2.45) is 0 Å². The lowest BCUT2D eigenvalue weighted by molar-refractivity contribution is 0.694. The van der Waals surface area contributed by atoms with Gasteiger partial charge < -0.3 is 5.32 Å². The molecule has 0 aliphatic rings. The number of hydrogen-bond donors (Lipinski definition) is 1. The van der Waals surface area contributed by atoms with Gasteiger partial charge in [0.25, 0.3) is 0 Å². The van der Waals surface area contributed by atoms with Gasteiger partial charge in [-0.05, 0) is 6.92 Å². The van der Waals surface area contributed by atoms with Gasteiger partial charge in [0, 0.05) is 30.6 Å². The van der Waals surface area contributed by atoms with Crippen LogP contribution in [-0.2, 0) is 6.54 Å². The fourth-order valence-electron chi connectivity index (χ4n) is 0.824. The Morgan fingerprint density at radius 2 is 2.58 bits per heavy atom. The van der Waals surface area contributed by atoms with Crippen LogP contribution in [0.1, 0.15) is 17.1 Å². The summed E-state index contributed by atoms with van der Waals surface area (Å²) in [5.41, 5.74) is 1.07. The molecule has 0 atom stereocenters. The van der Waals surface area contributed by atoms with Gasteiger partial charge in [-0.15, -0.1) is 11.3 Å². The van der Waals surface area contributed by atoms with Gasteiger partial charge in [0.1, 0.15) is 5.01 Å². The van der Waals surface area contributed by atoms with Crippen LogP contribution in [0.25, 0.3) is 0 Å². The average molecular weight is 181 g/mol. The molecule has 0 saturated carbocycles. The van der Waals surface area contributed by atoms with E-state index in [-0.39, 0.29) is 0 Å². The minimum atomic E-state index is 0.560. The van der Waals surface area contributed by atoms with Crippen molar-refractivity contribution in [1.29, 1.82) is 5.26 Å². The van der Waals surface area contributed by atoms with E-state index in [1.807, 2.05) is 12.3 Å². The molecule has 0 aromatic carbocycles. The van der Waals surface area contributed by atoms with Crippen LogP contribution in [0, 0.1) is 18.3 Å². The molecule has 12 heavy (non-hydrogen) atoms. The Morgan fingerprint density at radius 3 is 3.17 bits per heavy atom. The van der Waals surface area contributed by atoms with Crippen molar-refractivity contribution in [2.75, 3.05) is 6.54 Å². The molecule has 1 heterocycles. The van der Waals surface area contributed by atoms with Crippen LogP contribution in [0.2, 0.25) is 0 Å². The quantitative estimate of drug-likeness (QED) is 0.715. The number of nitrogens with zero attached hydrogens (tertiary/aromatic N) is 2. The van der Waals surface area contributed by atoms with Crippen LogP contribution in [0.4, 0.5) is 0 Å². The minimum Gasteiger partial charge on any atom is -0.309 e. The molecule has 0 aliphatic carbocycles. The van der Waals surface area contributed by atoms with Crippen LogP contribution in [0.15, 0.2) is 5.38 Å². The van der Waals surface area contributed by atoms with Gasteiger partial charge in [0.2, 0.25) is 0 Å². The zero-order valence-corrected chi connectivity index (χ0v) is 7.82. The highest BCUT2D eigenvalue weighted by molar-refractivity contribution is 7.09. The molecule has 1 aromatic heterocycles. The lowest BCUT2D eigenvalue weighted by Gasteiger charge is -1.96. The maximum Gasteiger partial charge on any atom is 0.107 e. The predicted octanol–water partition coefficient (Wildman–Crippen LogP) is 1.45. The fourth-order valence-corrected chi connectivity index (χ4v) is 1.56. The summed E-state index contributed by atoms with van der Waals surface area (Å²) in [5, 5.41) is 14.5. The summed E-state index contributed by atoms with van der Waals surface area (Å²) >= 11 is 1.65. The number of thiazole rings is 1. The summed E-state index contributed by atoms with van der Waals surface area (Å²) in [4.78, 5) is 4.28. The van der Waals surface area contributed by atoms with Crippen molar-refractivity contribution in [3.05, 3.63) is 16.1 Å². The van der Waals surface area contributed by atoms with Crippen molar-refractivity contribution in [1.82, 2.24) is 10.3 Å². The van der Waals surface area contributed by atoms with Gasteiger partial charge in [-0.3, -0.25) is 0 Å². The lowest BCUT2D eigenvalue weighted by atomic mass is 10.4. The van der Waals surface area contributed by atoms with E-state index in [0.29, 0.717) is 6.42 Å². The molecular weight excluding hydrogens is 170 g/mol. The van der Waals surface area contributed by atoms with E-state index in [1.54, 1.807) is 11.3 Å².